The van der Waals surface area contributed by atoms with E-state index in [1.807, 2.05) is 0 Å². The molecule has 1 atom stereocenters. The zero-order chi connectivity index (χ0) is 12.1. The van der Waals surface area contributed by atoms with Gasteiger partial charge in [-0.05, 0) is 18.3 Å². The van der Waals surface area contributed by atoms with E-state index in [1.165, 1.54) is 0 Å². The average Bonchev–Trinajstić information content (AvgIpc) is 2.64. The Morgan fingerprint density at radius 1 is 1.25 bits per heavy atom. The van der Waals surface area contributed by atoms with Crippen LogP contribution in [0.4, 0.5) is 0 Å². The molecule has 0 aliphatic carbocycles. The molecule has 0 saturated carbocycles. The van der Waals surface area contributed by atoms with Crippen LogP contribution in [-0.4, -0.2) is 16.7 Å². The molecule has 1 aromatic heterocycles. The lowest BCUT2D eigenvalue weighted by Gasteiger charge is -2.13. The molecule has 4 nitrogen and oxygen atoms in total. The van der Waals surface area contributed by atoms with Crippen molar-refractivity contribution >= 4 is 0 Å². The van der Waals surface area contributed by atoms with E-state index < -0.39 is 0 Å². The molecule has 0 spiro atoms. The number of nitrogens with zero attached hydrogens (tertiary/aromatic N) is 2. The number of hydrogen-bond acceptors (Lipinski definition) is 4. The molecule has 0 radical (unpaired) electrons. The third-order valence-electron chi connectivity index (χ3n) is 2.80. The minimum Gasteiger partial charge on any atom is -0.339 e. The molecular weight excluding hydrogens is 202 g/mol. The van der Waals surface area contributed by atoms with E-state index in [9.17, 15) is 0 Å². The second-order valence-corrected chi connectivity index (χ2v) is 5.07. The Bertz CT molecular complexity index is 307. The Hall–Kier alpha value is -0.900. The summed E-state index contributed by atoms with van der Waals surface area (Å²) in [6.07, 6.45) is 1.98. The first-order valence-corrected chi connectivity index (χ1v) is 6.07. The molecule has 0 amide bonds. The largest absolute Gasteiger partial charge is 0.339 e. The van der Waals surface area contributed by atoms with E-state index in [4.69, 9.17) is 10.3 Å². The number of rotatable bonds is 6. The van der Waals surface area contributed by atoms with E-state index in [0.717, 1.165) is 18.7 Å². The fraction of sp³-hybridized carbons (Fsp3) is 0.833. The zero-order valence-electron chi connectivity index (χ0n) is 10.7. The lowest BCUT2D eigenvalue weighted by atomic mass is 9.96. The van der Waals surface area contributed by atoms with Gasteiger partial charge in [0.25, 0.3) is 0 Å². The molecule has 0 saturated heterocycles. The summed E-state index contributed by atoms with van der Waals surface area (Å²) in [6.45, 7) is 9.18. The van der Waals surface area contributed by atoms with Gasteiger partial charge in [-0.3, -0.25) is 0 Å². The van der Waals surface area contributed by atoms with Crippen LogP contribution in [0, 0.1) is 11.8 Å². The van der Waals surface area contributed by atoms with Gasteiger partial charge in [-0.2, -0.15) is 4.98 Å². The Morgan fingerprint density at radius 3 is 2.44 bits per heavy atom. The Kier molecular flexibility index (Phi) is 4.93. The summed E-state index contributed by atoms with van der Waals surface area (Å²) in [4.78, 5) is 4.42. The van der Waals surface area contributed by atoms with Crippen molar-refractivity contribution < 1.29 is 4.52 Å². The first kappa shape index (κ1) is 13.2. The highest BCUT2D eigenvalue weighted by Crippen LogP contribution is 2.21. The number of nitrogens with two attached hydrogens (primary N) is 1. The minimum atomic E-state index is 0.181. The van der Waals surface area contributed by atoms with Crippen LogP contribution < -0.4 is 5.73 Å². The molecule has 4 heteroatoms. The van der Waals surface area contributed by atoms with Gasteiger partial charge in [-0.15, -0.1) is 0 Å². The summed E-state index contributed by atoms with van der Waals surface area (Å²) in [5, 5.41) is 4.00. The lowest BCUT2D eigenvalue weighted by Crippen LogP contribution is -2.18. The minimum absolute atomic E-state index is 0.181. The van der Waals surface area contributed by atoms with Gasteiger partial charge in [0.1, 0.15) is 0 Å². The van der Waals surface area contributed by atoms with Gasteiger partial charge >= 0.3 is 0 Å². The average molecular weight is 225 g/mol. The van der Waals surface area contributed by atoms with Crippen molar-refractivity contribution in [3.8, 4) is 0 Å². The second kappa shape index (κ2) is 5.99. The molecule has 1 unspecified atom stereocenters. The zero-order valence-corrected chi connectivity index (χ0v) is 10.7. The molecule has 16 heavy (non-hydrogen) atoms. The fourth-order valence-electron chi connectivity index (χ4n) is 1.60. The topological polar surface area (TPSA) is 64.9 Å². The van der Waals surface area contributed by atoms with E-state index in [0.29, 0.717) is 24.3 Å². The second-order valence-electron chi connectivity index (χ2n) is 5.07. The van der Waals surface area contributed by atoms with Gasteiger partial charge in [0.15, 0.2) is 5.82 Å². The molecule has 0 aromatic carbocycles. The van der Waals surface area contributed by atoms with Crippen LogP contribution in [0.25, 0.3) is 0 Å². The van der Waals surface area contributed by atoms with Crippen LogP contribution in [0.1, 0.15) is 51.7 Å². The Morgan fingerprint density at radius 2 is 1.94 bits per heavy atom. The quantitative estimate of drug-likeness (QED) is 0.807. The molecule has 1 aromatic rings. The van der Waals surface area contributed by atoms with Crippen molar-refractivity contribution in [2.24, 2.45) is 17.6 Å². The highest BCUT2D eigenvalue weighted by molar-refractivity contribution is 4.96. The molecule has 92 valence electrons. The number of hydrogen-bond donors (Lipinski definition) is 1. The van der Waals surface area contributed by atoms with Crippen LogP contribution in [-0.2, 0) is 6.42 Å². The van der Waals surface area contributed by atoms with Crippen molar-refractivity contribution in [2.75, 3.05) is 6.54 Å². The maximum Gasteiger partial charge on any atom is 0.231 e. The van der Waals surface area contributed by atoms with E-state index in [2.05, 4.69) is 37.8 Å². The summed E-state index contributed by atoms with van der Waals surface area (Å²) in [5.41, 5.74) is 5.71. The highest BCUT2D eigenvalue weighted by Gasteiger charge is 2.20. The summed E-state index contributed by atoms with van der Waals surface area (Å²) < 4.78 is 5.27. The van der Waals surface area contributed by atoms with Gasteiger partial charge < -0.3 is 10.3 Å². The van der Waals surface area contributed by atoms with Crippen LogP contribution in [0.5, 0.6) is 0 Å². The van der Waals surface area contributed by atoms with Gasteiger partial charge in [0.2, 0.25) is 5.89 Å². The molecule has 1 rings (SSSR count). The summed E-state index contributed by atoms with van der Waals surface area (Å²) in [7, 11) is 0. The lowest BCUT2D eigenvalue weighted by molar-refractivity contribution is 0.321. The van der Waals surface area contributed by atoms with Gasteiger partial charge in [0, 0.05) is 13.0 Å². The van der Waals surface area contributed by atoms with Gasteiger partial charge in [-0.25, -0.2) is 0 Å². The van der Waals surface area contributed by atoms with Crippen molar-refractivity contribution in [3.05, 3.63) is 11.7 Å². The normalized spacial score (nSPS) is 13.7. The molecule has 0 bridgehead atoms. The van der Waals surface area contributed by atoms with Crippen molar-refractivity contribution in [2.45, 2.75) is 46.5 Å². The van der Waals surface area contributed by atoms with Crippen LogP contribution in [0.2, 0.25) is 0 Å². The first-order valence-electron chi connectivity index (χ1n) is 6.07. The third-order valence-corrected chi connectivity index (χ3v) is 2.80. The van der Waals surface area contributed by atoms with E-state index in [1.54, 1.807) is 0 Å². The van der Waals surface area contributed by atoms with E-state index in [-0.39, 0.29) is 5.92 Å². The van der Waals surface area contributed by atoms with Crippen molar-refractivity contribution in [3.63, 3.8) is 0 Å². The predicted octanol–water partition coefficient (Wildman–Crippen LogP) is 2.36. The summed E-state index contributed by atoms with van der Waals surface area (Å²) in [6, 6.07) is 0. The number of aromatic nitrogens is 2. The monoisotopic (exact) mass is 225 g/mol. The summed E-state index contributed by atoms with van der Waals surface area (Å²) in [5.74, 6) is 2.78. The third kappa shape index (κ3) is 3.59. The van der Waals surface area contributed by atoms with E-state index >= 15 is 0 Å². The first-order chi connectivity index (χ1) is 7.54. The predicted molar refractivity (Wildman–Crippen MR) is 64.1 cm³/mol. The fourth-order valence-corrected chi connectivity index (χ4v) is 1.60. The molecule has 1 heterocycles. The Labute approximate surface area is 97.6 Å². The summed E-state index contributed by atoms with van der Waals surface area (Å²) >= 11 is 0. The SMILES string of the molecule is CC(C)CCc1noc(C(CN)C(C)C)n1. The molecule has 2 N–H and O–H groups in total. The molecule has 0 aliphatic rings. The number of aryl methyl sites for hydroxylation is 1. The van der Waals surface area contributed by atoms with Crippen molar-refractivity contribution in [1.82, 2.24) is 10.1 Å². The maximum atomic E-state index is 5.71. The molecule has 0 fully saturated rings. The van der Waals surface area contributed by atoms with Crippen LogP contribution >= 0.6 is 0 Å². The Balaban J connectivity index is 2.62. The van der Waals surface area contributed by atoms with Crippen LogP contribution in [0.3, 0.4) is 0 Å². The van der Waals surface area contributed by atoms with Crippen molar-refractivity contribution in [1.29, 1.82) is 0 Å². The van der Waals surface area contributed by atoms with Gasteiger partial charge in [-0.1, -0.05) is 32.9 Å². The standard InChI is InChI=1S/C12H23N3O/c1-8(2)5-6-11-14-12(16-15-11)10(7-13)9(3)4/h8-10H,5-7,13H2,1-4H3. The van der Waals surface area contributed by atoms with Crippen LogP contribution in [0.15, 0.2) is 4.52 Å². The molecular formula is C12H23N3O. The smallest absolute Gasteiger partial charge is 0.231 e. The molecule has 0 aliphatic heterocycles. The van der Waals surface area contributed by atoms with Gasteiger partial charge in [0.05, 0.1) is 5.92 Å². The highest BCUT2D eigenvalue weighted by atomic mass is 16.5. The maximum absolute atomic E-state index is 5.71.